The van der Waals surface area contributed by atoms with Crippen molar-refractivity contribution in [1.82, 2.24) is 24.8 Å². The van der Waals surface area contributed by atoms with Gasteiger partial charge in [-0.3, -0.25) is 9.88 Å². The number of piperazine rings is 1. The number of pyridine rings is 1. The third-order valence-electron chi connectivity index (χ3n) is 9.74. The van der Waals surface area contributed by atoms with Crippen LogP contribution in [0.1, 0.15) is 47.9 Å². The lowest BCUT2D eigenvalue weighted by atomic mass is 9.63. The van der Waals surface area contributed by atoms with Crippen molar-refractivity contribution in [3.63, 3.8) is 0 Å². The molecule has 3 fully saturated rings. The second-order valence-corrected chi connectivity index (χ2v) is 12.6. The normalized spacial score (nSPS) is 25.4. The molecule has 2 saturated heterocycles. The number of benzene rings is 2. The van der Waals surface area contributed by atoms with Crippen LogP contribution in [0, 0.1) is 0 Å². The van der Waals surface area contributed by atoms with Gasteiger partial charge in [-0.1, -0.05) is 11.6 Å². The van der Waals surface area contributed by atoms with Gasteiger partial charge in [0.2, 0.25) is 6.29 Å². The Morgan fingerprint density at radius 2 is 2.09 bits per heavy atom. The number of carboxylic acid groups (broad SMARTS) is 1. The first-order valence-corrected chi connectivity index (χ1v) is 15.8. The van der Waals surface area contributed by atoms with E-state index < -0.39 is 17.8 Å². The van der Waals surface area contributed by atoms with E-state index in [0.717, 1.165) is 78.6 Å². The first-order valence-electron chi connectivity index (χ1n) is 15.4. The van der Waals surface area contributed by atoms with Gasteiger partial charge in [-0.05, 0) is 55.7 Å². The maximum absolute atomic E-state index is 12.0. The summed E-state index contributed by atoms with van der Waals surface area (Å²) in [6.45, 7) is 5.32. The van der Waals surface area contributed by atoms with E-state index in [-0.39, 0.29) is 17.7 Å². The maximum Gasteiger partial charge on any atom is 0.335 e. The molecule has 2 aromatic carbocycles. The SMILES string of the molecule is COc1cc(C(=O)O)cc2c1nc(CN1CCNC3CCC31c1c(-c3ccc(Cl)cn3)ccc3c1O[C@H](C)O3)n2C[C@@H]1CCO1. The van der Waals surface area contributed by atoms with Crippen molar-refractivity contribution in [3.8, 4) is 28.5 Å². The van der Waals surface area contributed by atoms with E-state index in [2.05, 4.69) is 20.9 Å². The number of carbonyl (C=O) groups is 1. The van der Waals surface area contributed by atoms with Gasteiger partial charge >= 0.3 is 5.97 Å². The molecule has 2 aromatic heterocycles. The zero-order valence-electron chi connectivity index (χ0n) is 25.1. The van der Waals surface area contributed by atoms with E-state index in [4.69, 9.17) is 40.5 Å². The predicted octanol–water partition coefficient (Wildman–Crippen LogP) is 4.83. The summed E-state index contributed by atoms with van der Waals surface area (Å²) in [6.07, 6.45) is 4.15. The lowest BCUT2D eigenvalue weighted by Gasteiger charge is -2.60. The molecule has 2 N–H and O–H groups in total. The van der Waals surface area contributed by atoms with Gasteiger partial charge in [0.25, 0.3) is 0 Å². The Balaban J connectivity index is 1.28. The van der Waals surface area contributed by atoms with Crippen LogP contribution in [0.15, 0.2) is 42.6 Å². The number of fused-ring (bicyclic) bond motifs is 3. The van der Waals surface area contributed by atoms with Crippen molar-refractivity contribution in [3.05, 3.63) is 64.6 Å². The van der Waals surface area contributed by atoms with Crippen molar-refractivity contribution in [2.75, 3.05) is 26.8 Å². The van der Waals surface area contributed by atoms with Gasteiger partial charge < -0.3 is 33.9 Å². The van der Waals surface area contributed by atoms with Crippen molar-refractivity contribution < 1.29 is 28.8 Å². The number of aromatic carboxylic acids is 1. The Morgan fingerprint density at radius 1 is 1.22 bits per heavy atom. The quantitative estimate of drug-likeness (QED) is 0.280. The summed E-state index contributed by atoms with van der Waals surface area (Å²) in [4.78, 5) is 24.4. The van der Waals surface area contributed by atoms with Crippen LogP contribution >= 0.6 is 11.6 Å². The molecule has 1 aliphatic carbocycles. The number of halogens is 1. The minimum Gasteiger partial charge on any atom is -0.494 e. The van der Waals surface area contributed by atoms with Crippen molar-refractivity contribution in [1.29, 1.82) is 0 Å². The highest BCUT2D eigenvalue weighted by Crippen LogP contribution is 2.57. The average Bonchev–Trinajstić information content (AvgIpc) is 3.55. The number of imidazole rings is 1. The van der Waals surface area contributed by atoms with Crippen LogP contribution in [0.4, 0.5) is 0 Å². The average molecular weight is 632 g/mol. The molecule has 2 unspecified atom stereocenters. The number of aromatic nitrogens is 3. The Kier molecular flexibility index (Phi) is 6.90. The lowest BCUT2D eigenvalue weighted by molar-refractivity contribution is -0.0667. The van der Waals surface area contributed by atoms with Gasteiger partial charge in [0.15, 0.2) is 11.5 Å². The lowest BCUT2D eigenvalue weighted by Crippen LogP contribution is -2.70. The number of carboxylic acids is 1. The molecule has 3 aliphatic heterocycles. The van der Waals surface area contributed by atoms with E-state index in [1.54, 1.807) is 19.4 Å². The van der Waals surface area contributed by atoms with E-state index in [1.807, 2.05) is 25.1 Å². The minimum absolute atomic E-state index is 0.0427. The summed E-state index contributed by atoms with van der Waals surface area (Å²) in [5.41, 5.74) is 3.94. The third kappa shape index (κ3) is 4.55. The monoisotopic (exact) mass is 631 g/mol. The fourth-order valence-corrected chi connectivity index (χ4v) is 7.54. The topological polar surface area (TPSA) is 120 Å². The molecule has 8 rings (SSSR count). The highest BCUT2D eigenvalue weighted by molar-refractivity contribution is 6.30. The number of hydrogen-bond donors (Lipinski definition) is 2. The summed E-state index contributed by atoms with van der Waals surface area (Å²) in [6, 6.07) is 11.2. The molecule has 4 atom stereocenters. The molecule has 5 heterocycles. The fourth-order valence-electron chi connectivity index (χ4n) is 7.43. The Labute approximate surface area is 265 Å². The Bertz CT molecular complexity index is 1810. The van der Waals surface area contributed by atoms with Gasteiger partial charge in [-0.25, -0.2) is 9.78 Å². The largest absolute Gasteiger partial charge is 0.494 e. The van der Waals surface area contributed by atoms with Crippen LogP contribution in [-0.4, -0.2) is 75.8 Å². The second-order valence-electron chi connectivity index (χ2n) is 12.1. The van der Waals surface area contributed by atoms with Crippen LogP contribution in [0.25, 0.3) is 22.3 Å². The molecular formula is C33H34ClN5O6. The molecule has 45 heavy (non-hydrogen) atoms. The third-order valence-corrected chi connectivity index (χ3v) is 9.96. The van der Waals surface area contributed by atoms with Gasteiger partial charge in [-0.2, -0.15) is 0 Å². The predicted molar refractivity (Wildman–Crippen MR) is 166 cm³/mol. The van der Waals surface area contributed by atoms with E-state index in [1.165, 1.54) is 6.07 Å². The smallest absolute Gasteiger partial charge is 0.335 e. The van der Waals surface area contributed by atoms with Crippen molar-refractivity contribution >= 4 is 28.6 Å². The maximum atomic E-state index is 12.0. The van der Waals surface area contributed by atoms with Crippen LogP contribution in [0.3, 0.4) is 0 Å². The molecule has 12 heteroatoms. The molecule has 4 aromatic rings. The number of rotatable bonds is 8. The fraction of sp³-hybridized carbons (Fsp3) is 0.424. The van der Waals surface area contributed by atoms with Crippen LogP contribution in [0.2, 0.25) is 5.02 Å². The van der Waals surface area contributed by atoms with E-state index in [9.17, 15) is 9.90 Å². The molecule has 4 aliphatic rings. The molecule has 0 bridgehead atoms. The molecular weight excluding hydrogens is 598 g/mol. The van der Waals surface area contributed by atoms with E-state index in [0.29, 0.717) is 29.4 Å². The summed E-state index contributed by atoms with van der Waals surface area (Å²) in [5.74, 6) is 1.73. The molecule has 234 valence electrons. The molecule has 0 amide bonds. The molecule has 11 nitrogen and oxygen atoms in total. The van der Waals surface area contributed by atoms with Crippen LogP contribution < -0.4 is 19.5 Å². The molecule has 0 radical (unpaired) electrons. The van der Waals surface area contributed by atoms with Crippen molar-refractivity contribution in [2.45, 2.75) is 63.3 Å². The number of nitrogens with one attached hydrogen (secondary N) is 1. The van der Waals surface area contributed by atoms with Crippen LogP contribution in [0.5, 0.6) is 17.2 Å². The molecule has 0 spiro atoms. The highest BCUT2D eigenvalue weighted by Gasteiger charge is 2.57. The Hall–Kier alpha value is -3.90. The van der Waals surface area contributed by atoms with Crippen molar-refractivity contribution in [2.24, 2.45) is 0 Å². The summed E-state index contributed by atoms with van der Waals surface area (Å²) in [7, 11) is 1.55. The number of methoxy groups -OCH3 is 1. The zero-order chi connectivity index (χ0) is 30.9. The van der Waals surface area contributed by atoms with Crippen LogP contribution in [-0.2, 0) is 23.4 Å². The summed E-state index contributed by atoms with van der Waals surface area (Å²) < 4.78 is 26.1. The number of nitrogens with zero attached hydrogens (tertiary/aromatic N) is 4. The minimum atomic E-state index is -1.01. The Morgan fingerprint density at radius 3 is 2.78 bits per heavy atom. The first-order chi connectivity index (χ1) is 21.9. The van der Waals surface area contributed by atoms with Gasteiger partial charge in [0.1, 0.15) is 17.1 Å². The number of ether oxygens (including phenoxy) is 4. The van der Waals surface area contributed by atoms with Gasteiger partial charge in [-0.15, -0.1) is 0 Å². The number of hydrogen-bond acceptors (Lipinski definition) is 9. The zero-order valence-corrected chi connectivity index (χ0v) is 25.8. The highest BCUT2D eigenvalue weighted by atomic mass is 35.5. The van der Waals surface area contributed by atoms with Gasteiger partial charge in [0, 0.05) is 50.0 Å². The van der Waals surface area contributed by atoms with E-state index >= 15 is 0 Å². The standard InChI is InChI=1S/C33H34ClN5O6/c1-18-44-25-6-4-22(23-5-3-20(34)15-36-23)29(31(25)45-18)33-9-7-27(33)35-10-11-38(33)17-28-37-30-24(39(28)16-21-8-12-43-21)13-19(32(40)41)14-26(30)42-2/h3-6,13-15,18,21,27,35H,7-12,16-17H2,1-2H3,(H,40,41)/t18-,21+,27?,33?/m1/s1. The van der Waals surface area contributed by atoms with Gasteiger partial charge in [0.05, 0.1) is 53.6 Å². The molecule has 1 saturated carbocycles. The first kappa shape index (κ1) is 28.6. The second kappa shape index (κ2) is 10.9. The summed E-state index contributed by atoms with van der Waals surface area (Å²) >= 11 is 6.24. The summed E-state index contributed by atoms with van der Waals surface area (Å²) in [5, 5.41) is 14.2.